The quantitative estimate of drug-likeness (QED) is 0.474. The lowest BCUT2D eigenvalue weighted by atomic mass is 9.83. The zero-order valence-corrected chi connectivity index (χ0v) is 24.0. The SMILES string of the molecule is CCO[C@H]1CN(C(=O)[C@@H](NC(=O)c2ccc(C3CCN(CCOC)CC3)cc2)C2CCCCC2)[C@@H]2C(=O)CO[C@H]12. The Morgan fingerprint density at radius 2 is 1.80 bits per heavy atom. The van der Waals surface area contributed by atoms with E-state index in [0.717, 1.165) is 71.2 Å². The second kappa shape index (κ2) is 13.6. The number of nitrogens with one attached hydrogen (secondary N) is 1. The van der Waals surface area contributed by atoms with Crippen LogP contribution in [0.5, 0.6) is 0 Å². The molecule has 4 aliphatic rings. The number of hydrogen-bond donors (Lipinski definition) is 1. The molecule has 4 fully saturated rings. The molecule has 4 atom stereocenters. The minimum Gasteiger partial charge on any atom is -0.383 e. The molecule has 3 saturated heterocycles. The number of amides is 2. The van der Waals surface area contributed by atoms with Crippen LogP contribution in [-0.2, 0) is 23.8 Å². The van der Waals surface area contributed by atoms with Gasteiger partial charge in [-0.05, 0) is 75.2 Å². The van der Waals surface area contributed by atoms with Crippen molar-refractivity contribution < 1.29 is 28.6 Å². The molecule has 0 radical (unpaired) electrons. The summed E-state index contributed by atoms with van der Waals surface area (Å²) in [5.74, 6) is 0.0216. The number of Topliss-reactive ketones (excluding diaryl/α,β-unsaturated/α-hetero) is 1. The number of methoxy groups -OCH3 is 1. The van der Waals surface area contributed by atoms with Crippen molar-refractivity contribution in [1.82, 2.24) is 15.1 Å². The summed E-state index contributed by atoms with van der Waals surface area (Å²) in [6.07, 6.45) is 6.43. The highest BCUT2D eigenvalue weighted by Gasteiger charge is 2.54. The Bertz CT molecular complexity index is 1020. The number of carbonyl (C=O) groups excluding carboxylic acids is 3. The lowest BCUT2D eigenvalue weighted by Gasteiger charge is -2.34. The van der Waals surface area contributed by atoms with Gasteiger partial charge in [-0.25, -0.2) is 0 Å². The molecule has 0 aromatic heterocycles. The highest BCUT2D eigenvalue weighted by atomic mass is 16.6. The molecule has 220 valence electrons. The summed E-state index contributed by atoms with van der Waals surface area (Å²) in [7, 11) is 1.74. The van der Waals surface area contributed by atoms with E-state index in [9.17, 15) is 14.4 Å². The minimum atomic E-state index is -0.668. The molecule has 0 spiro atoms. The first-order valence-electron chi connectivity index (χ1n) is 15.2. The van der Waals surface area contributed by atoms with Crippen molar-refractivity contribution in [3.05, 3.63) is 35.4 Å². The van der Waals surface area contributed by atoms with E-state index in [1.54, 1.807) is 12.0 Å². The summed E-state index contributed by atoms with van der Waals surface area (Å²) in [5.41, 5.74) is 1.81. The third-order valence-electron chi connectivity index (χ3n) is 9.32. The van der Waals surface area contributed by atoms with Gasteiger partial charge in [0.05, 0.1) is 13.2 Å². The predicted molar refractivity (Wildman–Crippen MR) is 150 cm³/mol. The Morgan fingerprint density at radius 1 is 1.07 bits per heavy atom. The summed E-state index contributed by atoms with van der Waals surface area (Å²) in [5, 5.41) is 3.10. The molecule has 1 aromatic rings. The van der Waals surface area contributed by atoms with Gasteiger partial charge in [-0.2, -0.15) is 0 Å². The number of hydrogen-bond acceptors (Lipinski definition) is 7. The maximum absolute atomic E-state index is 14.0. The van der Waals surface area contributed by atoms with Crippen LogP contribution in [0.15, 0.2) is 24.3 Å². The first-order valence-corrected chi connectivity index (χ1v) is 15.2. The Labute approximate surface area is 237 Å². The number of likely N-dealkylation sites (tertiary alicyclic amines) is 2. The van der Waals surface area contributed by atoms with Crippen LogP contribution in [-0.4, -0.2) is 105 Å². The van der Waals surface area contributed by atoms with Crippen molar-refractivity contribution in [2.24, 2.45) is 5.92 Å². The van der Waals surface area contributed by atoms with Crippen molar-refractivity contribution >= 4 is 17.6 Å². The zero-order valence-electron chi connectivity index (χ0n) is 24.0. The molecule has 1 aliphatic carbocycles. The van der Waals surface area contributed by atoms with E-state index in [2.05, 4.69) is 22.3 Å². The van der Waals surface area contributed by atoms with Crippen LogP contribution in [0.4, 0.5) is 0 Å². The third kappa shape index (κ3) is 6.43. The van der Waals surface area contributed by atoms with Crippen molar-refractivity contribution in [3.8, 4) is 0 Å². The number of benzene rings is 1. The van der Waals surface area contributed by atoms with Gasteiger partial charge in [-0.3, -0.25) is 14.4 Å². The van der Waals surface area contributed by atoms with Crippen LogP contribution < -0.4 is 5.32 Å². The second-order valence-corrected chi connectivity index (χ2v) is 11.8. The van der Waals surface area contributed by atoms with Crippen molar-refractivity contribution in [3.63, 3.8) is 0 Å². The predicted octanol–water partition coefficient (Wildman–Crippen LogP) is 2.77. The standard InChI is InChI=1S/C31H45N3O6/c1-3-39-26-19-34(28-25(35)20-40-29(26)28)31(37)27(23-7-5-4-6-8-23)32-30(36)24-11-9-21(10-12-24)22-13-15-33(16-14-22)17-18-38-2/h9-12,22-23,26-29H,3-8,13-20H2,1-2H3,(H,32,36)/t26-,27-,28+,29+/m0/s1. The fourth-order valence-corrected chi connectivity index (χ4v) is 7.07. The van der Waals surface area contributed by atoms with Gasteiger partial charge in [0.15, 0.2) is 5.78 Å². The smallest absolute Gasteiger partial charge is 0.251 e. The molecule has 1 N–H and O–H groups in total. The molecular formula is C31H45N3O6. The lowest BCUT2D eigenvalue weighted by Crippen LogP contribution is -2.55. The van der Waals surface area contributed by atoms with E-state index < -0.39 is 18.2 Å². The summed E-state index contributed by atoms with van der Waals surface area (Å²) >= 11 is 0. The molecule has 1 aromatic carbocycles. The van der Waals surface area contributed by atoms with E-state index in [-0.39, 0.29) is 36.2 Å². The molecule has 2 amide bonds. The van der Waals surface area contributed by atoms with Crippen LogP contribution in [0.3, 0.4) is 0 Å². The van der Waals surface area contributed by atoms with E-state index in [0.29, 0.717) is 24.6 Å². The monoisotopic (exact) mass is 555 g/mol. The van der Waals surface area contributed by atoms with Gasteiger partial charge >= 0.3 is 0 Å². The average molecular weight is 556 g/mol. The second-order valence-electron chi connectivity index (χ2n) is 11.8. The fourth-order valence-electron chi connectivity index (χ4n) is 7.07. The summed E-state index contributed by atoms with van der Waals surface area (Å²) in [6.45, 7) is 6.53. The average Bonchev–Trinajstić information content (AvgIpc) is 3.56. The van der Waals surface area contributed by atoms with Gasteiger partial charge in [0, 0.05) is 25.8 Å². The first kappa shape index (κ1) is 29.2. The van der Waals surface area contributed by atoms with Crippen molar-refractivity contribution in [1.29, 1.82) is 0 Å². The van der Waals surface area contributed by atoms with Crippen molar-refractivity contribution in [2.45, 2.75) is 82.1 Å². The van der Waals surface area contributed by atoms with Crippen LogP contribution >= 0.6 is 0 Å². The number of rotatable bonds is 10. The Kier molecular flexibility index (Phi) is 9.89. The number of ether oxygens (including phenoxy) is 3. The Morgan fingerprint density at radius 3 is 2.48 bits per heavy atom. The molecule has 40 heavy (non-hydrogen) atoms. The number of ketones is 1. The van der Waals surface area contributed by atoms with Crippen LogP contribution in [0, 0.1) is 5.92 Å². The molecule has 5 rings (SSSR count). The van der Waals surface area contributed by atoms with Gasteiger partial charge in [-0.1, -0.05) is 31.4 Å². The van der Waals surface area contributed by atoms with Crippen LogP contribution in [0.1, 0.15) is 73.7 Å². The highest BCUT2D eigenvalue weighted by molar-refractivity contribution is 5.99. The maximum atomic E-state index is 14.0. The van der Waals surface area contributed by atoms with Gasteiger partial charge in [-0.15, -0.1) is 0 Å². The lowest BCUT2D eigenvalue weighted by molar-refractivity contribution is -0.139. The van der Waals surface area contributed by atoms with Crippen LogP contribution in [0.25, 0.3) is 0 Å². The number of carbonyl (C=O) groups is 3. The molecule has 9 heteroatoms. The summed E-state index contributed by atoms with van der Waals surface area (Å²) in [6, 6.07) is 6.60. The van der Waals surface area contributed by atoms with Gasteiger partial charge in [0.2, 0.25) is 5.91 Å². The van der Waals surface area contributed by atoms with E-state index in [1.165, 1.54) is 5.56 Å². The fraction of sp³-hybridized carbons (Fsp3) is 0.710. The summed E-state index contributed by atoms with van der Waals surface area (Å²) in [4.78, 5) is 44.3. The summed E-state index contributed by atoms with van der Waals surface area (Å²) < 4.78 is 16.8. The van der Waals surface area contributed by atoms with Crippen molar-refractivity contribution in [2.75, 3.05) is 53.1 Å². The van der Waals surface area contributed by atoms with Gasteiger partial charge in [0.25, 0.3) is 5.91 Å². The topological polar surface area (TPSA) is 97.4 Å². The highest BCUT2D eigenvalue weighted by Crippen LogP contribution is 2.33. The largest absolute Gasteiger partial charge is 0.383 e. The number of piperidine rings is 1. The molecule has 1 saturated carbocycles. The van der Waals surface area contributed by atoms with E-state index in [1.807, 2.05) is 19.1 Å². The number of fused-ring (bicyclic) bond motifs is 1. The van der Waals surface area contributed by atoms with Gasteiger partial charge < -0.3 is 29.3 Å². The molecular weight excluding hydrogens is 510 g/mol. The Balaban J connectivity index is 1.26. The maximum Gasteiger partial charge on any atom is 0.251 e. The minimum absolute atomic E-state index is 0.00166. The van der Waals surface area contributed by atoms with Crippen LogP contribution in [0.2, 0.25) is 0 Å². The Hall–Kier alpha value is -2.33. The normalized spacial score (nSPS) is 27.1. The van der Waals surface area contributed by atoms with E-state index >= 15 is 0 Å². The zero-order chi connectivity index (χ0) is 28.1. The first-order chi connectivity index (χ1) is 19.5. The number of nitrogens with zero attached hydrogens (tertiary/aromatic N) is 2. The molecule has 0 bridgehead atoms. The third-order valence-corrected chi connectivity index (χ3v) is 9.32. The van der Waals surface area contributed by atoms with Gasteiger partial charge in [0.1, 0.15) is 30.9 Å². The molecule has 9 nitrogen and oxygen atoms in total. The van der Waals surface area contributed by atoms with E-state index in [4.69, 9.17) is 14.2 Å². The molecule has 3 aliphatic heterocycles. The molecule has 0 unspecified atom stereocenters. The molecule has 3 heterocycles.